The van der Waals surface area contributed by atoms with Crippen LogP contribution in [0.2, 0.25) is 10.0 Å². The quantitative estimate of drug-likeness (QED) is 0.306. The first-order valence-electron chi connectivity index (χ1n) is 12.5. The third-order valence-corrected chi connectivity index (χ3v) is 8.86. The summed E-state index contributed by atoms with van der Waals surface area (Å²) in [7, 11) is -3.41. The standard InChI is InChI=1S/C29H24Cl2N2O7S/c1-41(38,39)20-6-2-16(3-7-20)12-23(29(36)37)32-27(34)25-22(30)13-19-15-33(10-8-21(19)26(25)31)28(35)18-5-4-17-9-11-40-24(17)14-18/h2-7,9,11,13-14,23H,8,10,12,15H2,1H3,(H,32,34)(H,36,37)/t23-/m0/s1. The maximum Gasteiger partial charge on any atom is 0.326 e. The van der Waals surface area contributed by atoms with Crippen LogP contribution >= 0.6 is 23.2 Å². The van der Waals surface area contributed by atoms with Crippen LogP contribution in [0.15, 0.2) is 70.2 Å². The van der Waals surface area contributed by atoms with Gasteiger partial charge in [-0.25, -0.2) is 13.2 Å². The fraction of sp³-hybridized carbons (Fsp3) is 0.207. The maximum absolute atomic E-state index is 13.2. The number of furan rings is 1. The van der Waals surface area contributed by atoms with E-state index in [2.05, 4.69) is 5.32 Å². The molecular weight excluding hydrogens is 591 g/mol. The van der Waals surface area contributed by atoms with Crippen LogP contribution in [0.3, 0.4) is 0 Å². The summed E-state index contributed by atoms with van der Waals surface area (Å²) in [6.07, 6.45) is 2.91. The second-order valence-electron chi connectivity index (χ2n) is 9.82. The van der Waals surface area contributed by atoms with E-state index in [1.165, 1.54) is 24.3 Å². The molecule has 0 fully saturated rings. The molecule has 1 aromatic heterocycles. The van der Waals surface area contributed by atoms with Crippen molar-refractivity contribution in [3.05, 3.63) is 98.7 Å². The Morgan fingerprint density at radius 2 is 1.80 bits per heavy atom. The van der Waals surface area contributed by atoms with Crippen LogP contribution in [0, 0.1) is 0 Å². The van der Waals surface area contributed by atoms with E-state index in [1.54, 1.807) is 29.4 Å². The van der Waals surface area contributed by atoms with Crippen molar-refractivity contribution >= 4 is 61.8 Å². The van der Waals surface area contributed by atoms with E-state index in [0.29, 0.717) is 40.8 Å². The van der Waals surface area contributed by atoms with Gasteiger partial charge in [0.25, 0.3) is 11.8 Å². The van der Waals surface area contributed by atoms with Crippen LogP contribution in [-0.2, 0) is 34.0 Å². The van der Waals surface area contributed by atoms with Gasteiger partial charge >= 0.3 is 5.97 Å². The average molecular weight is 615 g/mol. The highest BCUT2D eigenvalue weighted by Crippen LogP contribution is 2.35. The molecule has 212 valence electrons. The van der Waals surface area contributed by atoms with E-state index >= 15 is 0 Å². The number of sulfone groups is 1. The summed E-state index contributed by atoms with van der Waals surface area (Å²) in [5, 5.41) is 13.3. The molecule has 2 amide bonds. The number of nitrogens with zero attached hydrogens (tertiary/aromatic N) is 1. The Hall–Kier alpha value is -3.86. The summed E-state index contributed by atoms with van der Waals surface area (Å²) >= 11 is 13.1. The number of benzene rings is 3. The Morgan fingerprint density at radius 1 is 1.07 bits per heavy atom. The highest BCUT2D eigenvalue weighted by Gasteiger charge is 2.30. The summed E-state index contributed by atoms with van der Waals surface area (Å²) in [6.45, 7) is 0.582. The van der Waals surface area contributed by atoms with Crippen molar-refractivity contribution in [3.63, 3.8) is 0 Å². The molecule has 12 heteroatoms. The molecule has 0 bridgehead atoms. The van der Waals surface area contributed by atoms with Gasteiger partial charge in [0.1, 0.15) is 11.6 Å². The molecule has 1 aliphatic heterocycles. The summed E-state index contributed by atoms with van der Waals surface area (Å²) < 4.78 is 28.8. The Kier molecular flexibility index (Phi) is 7.83. The molecule has 2 N–H and O–H groups in total. The summed E-state index contributed by atoms with van der Waals surface area (Å²) in [6, 6.07) is 13.1. The van der Waals surface area contributed by atoms with E-state index in [0.717, 1.165) is 11.6 Å². The molecule has 4 aromatic rings. The molecular formula is C29H24Cl2N2O7S. The van der Waals surface area contributed by atoms with E-state index in [1.807, 2.05) is 12.1 Å². The van der Waals surface area contributed by atoms with Gasteiger partial charge in [0, 0.05) is 36.7 Å². The molecule has 0 radical (unpaired) electrons. The van der Waals surface area contributed by atoms with Gasteiger partial charge < -0.3 is 19.7 Å². The number of carboxylic acids is 1. The fourth-order valence-corrected chi connectivity index (χ4v) is 6.24. The molecule has 0 spiro atoms. The molecule has 0 saturated heterocycles. The van der Waals surface area contributed by atoms with E-state index in [-0.39, 0.29) is 39.4 Å². The van der Waals surface area contributed by atoms with Crippen LogP contribution < -0.4 is 5.32 Å². The zero-order chi connectivity index (χ0) is 29.5. The summed E-state index contributed by atoms with van der Waals surface area (Å²) in [5.74, 6) is -2.22. The number of amides is 2. The summed E-state index contributed by atoms with van der Waals surface area (Å²) in [4.78, 5) is 40.1. The van der Waals surface area contributed by atoms with Crippen molar-refractivity contribution in [2.45, 2.75) is 30.3 Å². The first-order chi connectivity index (χ1) is 19.4. The molecule has 1 aliphatic rings. The Labute approximate surface area is 245 Å². The number of hydrogen-bond acceptors (Lipinski definition) is 6. The summed E-state index contributed by atoms with van der Waals surface area (Å²) in [5.41, 5.74) is 2.92. The first-order valence-corrected chi connectivity index (χ1v) is 15.2. The van der Waals surface area contributed by atoms with Crippen molar-refractivity contribution in [2.24, 2.45) is 0 Å². The number of carboxylic acid groups (broad SMARTS) is 1. The van der Waals surface area contributed by atoms with Gasteiger partial charge in [-0.05, 0) is 59.5 Å². The minimum Gasteiger partial charge on any atom is -0.480 e. The normalized spacial score (nSPS) is 14.0. The van der Waals surface area contributed by atoms with Crippen molar-refractivity contribution in [1.82, 2.24) is 10.2 Å². The van der Waals surface area contributed by atoms with Gasteiger partial charge in [0.2, 0.25) is 0 Å². The smallest absolute Gasteiger partial charge is 0.326 e. The van der Waals surface area contributed by atoms with Crippen LogP contribution in [0.5, 0.6) is 0 Å². The van der Waals surface area contributed by atoms with Crippen LogP contribution in [-0.4, -0.2) is 55.1 Å². The van der Waals surface area contributed by atoms with Gasteiger partial charge in [-0.1, -0.05) is 41.4 Å². The van der Waals surface area contributed by atoms with Crippen molar-refractivity contribution in [2.75, 3.05) is 12.8 Å². The van der Waals surface area contributed by atoms with Crippen LogP contribution in [0.1, 0.15) is 37.4 Å². The number of carbonyl (C=O) groups is 3. The largest absolute Gasteiger partial charge is 0.480 e. The lowest BCUT2D eigenvalue weighted by Gasteiger charge is -2.30. The van der Waals surface area contributed by atoms with E-state index in [4.69, 9.17) is 27.6 Å². The minimum atomic E-state index is -3.41. The number of aliphatic carboxylic acids is 1. The SMILES string of the molecule is CS(=O)(=O)c1ccc(C[C@H](NC(=O)c2c(Cl)cc3c(c2Cl)CCN(C(=O)c2ccc4ccoc4c2)C3)C(=O)O)cc1. The third-order valence-electron chi connectivity index (χ3n) is 7.02. The number of halogens is 2. The lowest BCUT2D eigenvalue weighted by atomic mass is 9.95. The molecule has 1 atom stereocenters. The highest BCUT2D eigenvalue weighted by atomic mass is 35.5. The van der Waals surface area contributed by atoms with Crippen molar-refractivity contribution in [3.8, 4) is 0 Å². The van der Waals surface area contributed by atoms with Gasteiger partial charge in [0.05, 0.1) is 26.8 Å². The second kappa shape index (κ2) is 11.2. The highest BCUT2D eigenvalue weighted by molar-refractivity contribution is 7.90. The zero-order valence-corrected chi connectivity index (χ0v) is 24.0. The Bertz CT molecular complexity index is 1800. The number of nitrogens with one attached hydrogen (secondary N) is 1. The minimum absolute atomic E-state index is 0.0270. The molecule has 0 aliphatic carbocycles. The molecule has 5 rings (SSSR count). The number of rotatable bonds is 7. The van der Waals surface area contributed by atoms with E-state index in [9.17, 15) is 27.9 Å². The van der Waals surface area contributed by atoms with E-state index < -0.39 is 27.8 Å². The van der Waals surface area contributed by atoms with Crippen LogP contribution in [0.4, 0.5) is 0 Å². The van der Waals surface area contributed by atoms with Crippen molar-refractivity contribution < 1.29 is 32.3 Å². The van der Waals surface area contributed by atoms with Gasteiger partial charge in [-0.15, -0.1) is 0 Å². The number of fused-ring (bicyclic) bond motifs is 2. The number of carbonyl (C=O) groups excluding carboxylic acids is 2. The van der Waals surface area contributed by atoms with Crippen LogP contribution in [0.25, 0.3) is 11.0 Å². The van der Waals surface area contributed by atoms with Gasteiger partial charge in [-0.3, -0.25) is 9.59 Å². The molecule has 0 saturated carbocycles. The Balaban J connectivity index is 1.33. The molecule has 2 heterocycles. The van der Waals surface area contributed by atoms with Gasteiger partial charge in [-0.2, -0.15) is 0 Å². The third kappa shape index (κ3) is 5.95. The maximum atomic E-state index is 13.2. The fourth-order valence-electron chi connectivity index (χ4n) is 4.84. The average Bonchev–Trinajstić information content (AvgIpc) is 3.40. The predicted molar refractivity (Wildman–Crippen MR) is 153 cm³/mol. The lowest BCUT2D eigenvalue weighted by Crippen LogP contribution is -2.42. The first kappa shape index (κ1) is 28.7. The molecule has 9 nitrogen and oxygen atoms in total. The Morgan fingerprint density at radius 3 is 2.49 bits per heavy atom. The zero-order valence-electron chi connectivity index (χ0n) is 21.7. The van der Waals surface area contributed by atoms with Gasteiger partial charge in [0.15, 0.2) is 9.84 Å². The molecule has 41 heavy (non-hydrogen) atoms. The molecule has 3 aromatic carbocycles. The predicted octanol–water partition coefficient (Wildman–Crippen LogP) is 4.77. The topological polar surface area (TPSA) is 134 Å². The lowest BCUT2D eigenvalue weighted by molar-refractivity contribution is -0.139. The molecule has 0 unspecified atom stereocenters. The second-order valence-corrected chi connectivity index (χ2v) is 12.6. The number of hydrogen-bond donors (Lipinski definition) is 2. The monoisotopic (exact) mass is 614 g/mol. The van der Waals surface area contributed by atoms with Crippen molar-refractivity contribution in [1.29, 1.82) is 0 Å².